The van der Waals surface area contributed by atoms with Crippen LogP contribution in [0.1, 0.15) is 41.6 Å². The molecule has 0 fully saturated rings. The zero-order valence-electron chi connectivity index (χ0n) is 13.9. The molecule has 0 radical (unpaired) electrons. The maximum absolute atomic E-state index is 11.5. The van der Waals surface area contributed by atoms with Crippen LogP contribution in [0.3, 0.4) is 0 Å². The third-order valence-electron chi connectivity index (χ3n) is 3.22. The zero-order chi connectivity index (χ0) is 15.8. The summed E-state index contributed by atoms with van der Waals surface area (Å²) in [6.07, 6.45) is 2.25. The third-order valence-corrected chi connectivity index (χ3v) is 3.22. The fraction of sp³-hybridized carbons (Fsp3) is 0.600. The molecule has 1 aromatic heterocycles. The van der Waals surface area contributed by atoms with Crippen LogP contribution in [0, 0.1) is 6.92 Å². The van der Waals surface area contributed by atoms with Gasteiger partial charge in [-0.05, 0) is 19.4 Å². The van der Waals surface area contributed by atoms with Gasteiger partial charge in [-0.3, -0.25) is 4.99 Å². The average molecular weight is 423 g/mol. The summed E-state index contributed by atoms with van der Waals surface area (Å²) < 4.78 is 10.3. The van der Waals surface area contributed by atoms with Crippen molar-refractivity contribution in [2.45, 2.75) is 33.2 Å². The van der Waals surface area contributed by atoms with Gasteiger partial charge in [-0.25, -0.2) is 4.79 Å². The van der Waals surface area contributed by atoms with Gasteiger partial charge < -0.3 is 19.4 Å². The SMILES string of the molecule is CCCCN(C)C(=NC)NCc1cc(C(=O)OC)c(C)o1.I. The number of methoxy groups -OCH3 is 1. The summed E-state index contributed by atoms with van der Waals surface area (Å²) in [4.78, 5) is 17.8. The van der Waals surface area contributed by atoms with Gasteiger partial charge in [-0.1, -0.05) is 13.3 Å². The largest absolute Gasteiger partial charge is 0.465 e. The minimum absolute atomic E-state index is 0. The summed E-state index contributed by atoms with van der Waals surface area (Å²) in [7, 11) is 5.10. The minimum Gasteiger partial charge on any atom is -0.465 e. The van der Waals surface area contributed by atoms with E-state index in [-0.39, 0.29) is 29.9 Å². The standard InChI is InChI=1S/C15H25N3O3.HI/c1-6-7-8-18(4)15(16-3)17-10-12-9-13(11(2)21-12)14(19)20-5;/h9H,6-8,10H2,1-5H3,(H,16,17);1H. The van der Waals surface area contributed by atoms with Gasteiger partial charge in [0.15, 0.2) is 5.96 Å². The van der Waals surface area contributed by atoms with Crippen molar-refractivity contribution in [1.82, 2.24) is 10.2 Å². The number of aryl methyl sites for hydroxylation is 1. The molecule has 0 spiro atoms. The summed E-state index contributed by atoms with van der Waals surface area (Å²) in [5.74, 6) is 1.66. The van der Waals surface area contributed by atoms with E-state index in [0.717, 1.165) is 25.3 Å². The number of furan rings is 1. The molecule has 0 saturated heterocycles. The second-order valence-electron chi connectivity index (χ2n) is 4.85. The first kappa shape index (κ1) is 20.8. The van der Waals surface area contributed by atoms with E-state index in [4.69, 9.17) is 9.15 Å². The number of halogens is 1. The van der Waals surface area contributed by atoms with Gasteiger partial charge >= 0.3 is 5.97 Å². The molecule has 0 amide bonds. The Kier molecular flexibility index (Phi) is 9.88. The van der Waals surface area contributed by atoms with Gasteiger partial charge in [-0.2, -0.15) is 0 Å². The molecule has 0 unspecified atom stereocenters. The molecule has 0 atom stereocenters. The van der Waals surface area contributed by atoms with Crippen LogP contribution in [0.2, 0.25) is 0 Å². The Hall–Kier alpha value is -1.25. The lowest BCUT2D eigenvalue weighted by atomic mass is 10.2. The number of hydrogen-bond donors (Lipinski definition) is 1. The minimum atomic E-state index is -0.382. The van der Waals surface area contributed by atoms with Crippen molar-refractivity contribution < 1.29 is 13.9 Å². The van der Waals surface area contributed by atoms with Gasteiger partial charge in [0.1, 0.15) is 17.1 Å². The number of ether oxygens (including phenoxy) is 1. The van der Waals surface area contributed by atoms with Crippen molar-refractivity contribution >= 4 is 35.9 Å². The predicted octanol–water partition coefficient (Wildman–Crippen LogP) is 2.80. The number of esters is 1. The highest BCUT2D eigenvalue weighted by Gasteiger charge is 2.15. The number of aliphatic imine (C=N–C) groups is 1. The Morgan fingerprint density at radius 3 is 2.73 bits per heavy atom. The van der Waals surface area contributed by atoms with E-state index in [1.807, 2.05) is 7.05 Å². The maximum Gasteiger partial charge on any atom is 0.341 e. The van der Waals surface area contributed by atoms with Crippen LogP contribution in [0.5, 0.6) is 0 Å². The number of carbonyl (C=O) groups excluding carboxylic acids is 1. The Morgan fingerprint density at radius 2 is 2.18 bits per heavy atom. The maximum atomic E-state index is 11.5. The van der Waals surface area contributed by atoms with Crippen molar-refractivity contribution in [3.05, 3.63) is 23.2 Å². The number of rotatable bonds is 6. The van der Waals surface area contributed by atoms with Crippen LogP contribution in [0.4, 0.5) is 0 Å². The van der Waals surface area contributed by atoms with Crippen molar-refractivity contribution in [2.75, 3.05) is 27.7 Å². The molecular formula is C15H26IN3O3. The van der Waals surface area contributed by atoms with Gasteiger partial charge in [0, 0.05) is 20.6 Å². The number of unbranched alkanes of at least 4 members (excludes halogenated alkanes) is 1. The Balaban J connectivity index is 0.00000441. The molecule has 1 N–H and O–H groups in total. The second kappa shape index (κ2) is 10.5. The second-order valence-corrected chi connectivity index (χ2v) is 4.85. The zero-order valence-corrected chi connectivity index (χ0v) is 16.3. The number of nitrogens with one attached hydrogen (secondary N) is 1. The molecule has 0 aliphatic heterocycles. The molecule has 0 aromatic carbocycles. The fourth-order valence-corrected chi connectivity index (χ4v) is 2.00. The number of guanidine groups is 1. The molecule has 0 aliphatic carbocycles. The molecule has 1 aromatic rings. The molecule has 126 valence electrons. The van der Waals surface area contributed by atoms with Crippen LogP contribution in [0.25, 0.3) is 0 Å². The predicted molar refractivity (Wildman–Crippen MR) is 97.9 cm³/mol. The third kappa shape index (κ3) is 5.86. The van der Waals surface area contributed by atoms with Gasteiger partial charge in [0.05, 0.1) is 13.7 Å². The lowest BCUT2D eigenvalue weighted by Crippen LogP contribution is -2.38. The van der Waals surface area contributed by atoms with E-state index >= 15 is 0 Å². The van der Waals surface area contributed by atoms with Crippen LogP contribution in [-0.2, 0) is 11.3 Å². The van der Waals surface area contributed by atoms with Crippen LogP contribution in [-0.4, -0.2) is 44.6 Å². The summed E-state index contributed by atoms with van der Waals surface area (Å²) in [6, 6.07) is 1.70. The molecule has 22 heavy (non-hydrogen) atoms. The van der Waals surface area contributed by atoms with E-state index in [1.54, 1.807) is 20.0 Å². The molecular weight excluding hydrogens is 397 g/mol. The smallest absolute Gasteiger partial charge is 0.341 e. The molecule has 1 heterocycles. The van der Waals surface area contributed by atoms with Crippen molar-refractivity contribution in [3.63, 3.8) is 0 Å². The summed E-state index contributed by atoms with van der Waals surface area (Å²) >= 11 is 0. The van der Waals surface area contributed by atoms with E-state index in [0.29, 0.717) is 23.6 Å². The molecule has 6 nitrogen and oxygen atoms in total. The molecule has 1 rings (SSSR count). The highest BCUT2D eigenvalue weighted by atomic mass is 127. The van der Waals surface area contributed by atoms with Crippen molar-refractivity contribution in [2.24, 2.45) is 4.99 Å². The Morgan fingerprint density at radius 1 is 1.50 bits per heavy atom. The van der Waals surface area contributed by atoms with Gasteiger partial charge in [-0.15, -0.1) is 24.0 Å². The molecule has 0 bridgehead atoms. The van der Waals surface area contributed by atoms with E-state index in [2.05, 4.69) is 22.1 Å². The quantitative estimate of drug-likeness (QED) is 0.330. The topological polar surface area (TPSA) is 67.1 Å². The Bertz CT molecular complexity index is 500. The van der Waals surface area contributed by atoms with Crippen LogP contribution in [0.15, 0.2) is 15.5 Å². The highest BCUT2D eigenvalue weighted by molar-refractivity contribution is 14.0. The van der Waals surface area contributed by atoms with E-state index in [9.17, 15) is 4.79 Å². The summed E-state index contributed by atoms with van der Waals surface area (Å²) in [5.41, 5.74) is 0.462. The van der Waals surface area contributed by atoms with Gasteiger partial charge in [0.25, 0.3) is 0 Å². The first-order valence-electron chi connectivity index (χ1n) is 7.12. The van der Waals surface area contributed by atoms with E-state index < -0.39 is 0 Å². The van der Waals surface area contributed by atoms with Crippen molar-refractivity contribution in [3.8, 4) is 0 Å². The number of hydrogen-bond acceptors (Lipinski definition) is 4. The lowest BCUT2D eigenvalue weighted by molar-refractivity contribution is 0.0599. The molecule has 0 aliphatic rings. The van der Waals surface area contributed by atoms with Gasteiger partial charge in [0.2, 0.25) is 0 Å². The normalized spacial score (nSPS) is 10.9. The first-order valence-corrected chi connectivity index (χ1v) is 7.12. The Labute approximate surface area is 149 Å². The summed E-state index contributed by atoms with van der Waals surface area (Å²) in [5, 5.41) is 3.22. The van der Waals surface area contributed by atoms with Crippen LogP contribution >= 0.6 is 24.0 Å². The fourth-order valence-electron chi connectivity index (χ4n) is 2.00. The van der Waals surface area contributed by atoms with E-state index in [1.165, 1.54) is 7.11 Å². The first-order chi connectivity index (χ1) is 10.0. The van der Waals surface area contributed by atoms with Crippen LogP contribution < -0.4 is 5.32 Å². The van der Waals surface area contributed by atoms with Crippen molar-refractivity contribution in [1.29, 1.82) is 0 Å². The lowest BCUT2D eigenvalue weighted by Gasteiger charge is -2.21. The number of carbonyl (C=O) groups is 1. The summed E-state index contributed by atoms with van der Waals surface area (Å²) in [6.45, 7) is 5.32. The molecule has 7 heteroatoms. The molecule has 0 saturated carbocycles. The highest BCUT2D eigenvalue weighted by Crippen LogP contribution is 2.15. The number of nitrogens with zero attached hydrogens (tertiary/aromatic N) is 2. The monoisotopic (exact) mass is 423 g/mol. The average Bonchev–Trinajstić information content (AvgIpc) is 2.85.